The highest BCUT2D eigenvalue weighted by Crippen LogP contribution is 2.25. The first kappa shape index (κ1) is 10.8. The summed E-state index contributed by atoms with van der Waals surface area (Å²) in [6, 6.07) is 5.85. The first-order chi connectivity index (χ1) is 7.72. The number of nitrogens with one attached hydrogen (secondary N) is 1. The van der Waals surface area contributed by atoms with Crippen LogP contribution in [-0.2, 0) is 0 Å². The smallest absolute Gasteiger partial charge is 0.129 e. The zero-order valence-electron chi connectivity index (χ0n) is 9.15. The summed E-state index contributed by atoms with van der Waals surface area (Å²) in [4.78, 5) is 7.26. The van der Waals surface area contributed by atoms with E-state index in [0.717, 1.165) is 22.6 Å². The summed E-state index contributed by atoms with van der Waals surface area (Å²) in [7, 11) is 1.65. The molecule has 0 fully saturated rings. The molecule has 0 aliphatic heterocycles. The van der Waals surface area contributed by atoms with Crippen molar-refractivity contribution in [3.05, 3.63) is 40.8 Å². The molecule has 1 N–H and O–H groups in total. The lowest BCUT2D eigenvalue weighted by atomic mass is 10.1. The van der Waals surface area contributed by atoms with E-state index in [9.17, 15) is 0 Å². The molecule has 16 heavy (non-hydrogen) atoms. The molecule has 3 nitrogen and oxygen atoms in total. The Morgan fingerprint density at radius 3 is 2.81 bits per heavy atom. The summed E-state index contributed by atoms with van der Waals surface area (Å²) in [5.41, 5.74) is 2.93. The fraction of sp³-hybridized carbons (Fsp3) is 0.167. The van der Waals surface area contributed by atoms with Crippen molar-refractivity contribution in [3.63, 3.8) is 0 Å². The lowest BCUT2D eigenvalue weighted by molar-refractivity contribution is 0.414. The molecule has 2 aromatic rings. The van der Waals surface area contributed by atoms with Crippen molar-refractivity contribution in [3.8, 4) is 17.0 Å². The Morgan fingerprint density at radius 2 is 2.19 bits per heavy atom. The minimum atomic E-state index is 0.649. The number of methoxy groups -OCH3 is 1. The fourth-order valence-electron chi connectivity index (χ4n) is 1.57. The van der Waals surface area contributed by atoms with Gasteiger partial charge in [-0.1, -0.05) is 12.2 Å². The topological polar surface area (TPSA) is 37.9 Å². The monoisotopic (exact) mass is 232 g/mol. The normalized spacial score (nSPS) is 10.1. The highest BCUT2D eigenvalue weighted by atomic mass is 32.1. The minimum Gasteiger partial charge on any atom is -0.497 e. The van der Waals surface area contributed by atoms with E-state index in [-0.39, 0.29) is 0 Å². The van der Waals surface area contributed by atoms with E-state index >= 15 is 0 Å². The minimum absolute atomic E-state index is 0.649. The number of ether oxygens (including phenoxy) is 1. The number of aryl methyl sites for hydroxylation is 1. The van der Waals surface area contributed by atoms with E-state index in [2.05, 4.69) is 9.97 Å². The van der Waals surface area contributed by atoms with E-state index in [4.69, 9.17) is 17.0 Å². The summed E-state index contributed by atoms with van der Waals surface area (Å²) in [5, 5.41) is 0. The molecule has 0 unspecified atom stereocenters. The van der Waals surface area contributed by atoms with Gasteiger partial charge in [-0.2, -0.15) is 0 Å². The van der Waals surface area contributed by atoms with Crippen molar-refractivity contribution in [2.75, 3.05) is 7.11 Å². The maximum absolute atomic E-state index is 5.21. The molecule has 1 aromatic heterocycles. The van der Waals surface area contributed by atoms with Gasteiger partial charge in [-0.3, -0.25) is 4.98 Å². The zero-order valence-corrected chi connectivity index (χ0v) is 9.97. The van der Waals surface area contributed by atoms with Crippen molar-refractivity contribution in [1.82, 2.24) is 9.97 Å². The molecule has 0 radical (unpaired) electrons. The van der Waals surface area contributed by atoms with Gasteiger partial charge in [-0.15, -0.1) is 0 Å². The van der Waals surface area contributed by atoms with E-state index < -0.39 is 0 Å². The van der Waals surface area contributed by atoms with Crippen LogP contribution in [0.5, 0.6) is 5.75 Å². The molecule has 0 spiro atoms. The second-order valence-electron chi connectivity index (χ2n) is 3.45. The zero-order chi connectivity index (χ0) is 11.5. The highest BCUT2D eigenvalue weighted by Gasteiger charge is 2.05. The van der Waals surface area contributed by atoms with Crippen LogP contribution in [0.25, 0.3) is 11.3 Å². The van der Waals surface area contributed by atoms with Crippen LogP contribution in [0.3, 0.4) is 0 Å². The average Bonchev–Trinajstić information content (AvgIpc) is 2.30. The number of benzene rings is 1. The first-order valence-corrected chi connectivity index (χ1v) is 5.32. The van der Waals surface area contributed by atoms with Crippen molar-refractivity contribution < 1.29 is 4.74 Å². The predicted octanol–water partition coefficient (Wildman–Crippen LogP) is 3.12. The largest absolute Gasteiger partial charge is 0.497 e. The molecule has 0 aliphatic carbocycles. The second-order valence-corrected chi connectivity index (χ2v) is 3.86. The number of aromatic nitrogens is 2. The third-order valence-electron chi connectivity index (χ3n) is 2.40. The number of aromatic amines is 1. The summed E-state index contributed by atoms with van der Waals surface area (Å²) < 4.78 is 5.81. The Balaban J connectivity index is 2.57. The van der Waals surface area contributed by atoms with Gasteiger partial charge < -0.3 is 9.72 Å². The molecule has 0 bridgehead atoms. The van der Waals surface area contributed by atoms with E-state index in [1.807, 2.05) is 25.1 Å². The molecular formula is C12H12N2OS. The highest BCUT2D eigenvalue weighted by molar-refractivity contribution is 7.71. The van der Waals surface area contributed by atoms with Crippen molar-refractivity contribution in [2.24, 2.45) is 0 Å². The molecule has 2 rings (SSSR count). The fourth-order valence-corrected chi connectivity index (χ4v) is 1.80. The van der Waals surface area contributed by atoms with Crippen LogP contribution in [0.1, 0.15) is 5.56 Å². The van der Waals surface area contributed by atoms with Crippen LogP contribution in [0.15, 0.2) is 30.6 Å². The number of hydrogen-bond donors (Lipinski definition) is 1. The van der Waals surface area contributed by atoms with Gasteiger partial charge >= 0.3 is 0 Å². The molecule has 82 valence electrons. The summed E-state index contributed by atoms with van der Waals surface area (Å²) in [6.07, 6.45) is 3.43. The Morgan fingerprint density at radius 1 is 1.38 bits per heavy atom. The van der Waals surface area contributed by atoms with Gasteiger partial charge in [0.1, 0.15) is 16.1 Å². The predicted molar refractivity (Wildman–Crippen MR) is 66.1 cm³/mol. The molecule has 0 saturated heterocycles. The van der Waals surface area contributed by atoms with Crippen molar-refractivity contribution in [1.29, 1.82) is 0 Å². The molecular weight excluding hydrogens is 220 g/mol. The van der Waals surface area contributed by atoms with Crippen molar-refractivity contribution in [2.45, 2.75) is 6.92 Å². The summed E-state index contributed by atoms with van der Waals surface area (Å²) in [6.45, 7) is 2.02. The van der Waals surface area contributed by atoms with E-state index in [1.165, 1.54) is 0 Å². The third kappa shape index (κ3) is 1.97. The van der Waals surface area contributed by atoms with Gasteiger partial charge in [0.05, 0.1) is 7.11 Å². The number of H-pyrrole nitrogens is 1. The molecule has 0 amide bonds. The van der Waals surface area contributed by atoms with Crippen LogP contribution in [0, 0.1) is 11.6 Å². The van der Waals surface area contributed by atoms with Gasteiger partial charge in [0, 0.05) is 18.0 Å². The maximum Gasteiger partial charge on any atom is 0.129 e. The molecule has 4 heteroatoms. The van der Waals surface area contributed by atoms with Crippen LogP contribution < -0.4 is 4.74 Å². The number of rotatable bonds is 2. The van der Waals surface area contributed by atoms with Crippen LogP contribution in [-0.4, -0.2) is 17.1 Å². The molecule has 1 heterocycles. The SMILES string of the molecule is COc1ccc(-c2ncc[nH]c2=S)c(C)c1. The molecule has 0 aliphatic rings. The summed E-state index contributed by atoms with van der Waals surface area (Å²) >= 11 is 5.21. The quantitative estimate of drug-likeness (QED) is 0.808. The number of nitrogens with zero attached hydrogens (tertiary/aromatic N) is 1. The molecule has 1 aromatic carbocycles. The lowest BCUT2D eigenvalue weighted by Crippen LogP contribution is -1.91. The Hall–Kier alpha value is -1.68. The lowest BCUT2D eigenvalue weighted by Gasteiger charge is -2.07. The van der Waals surface area contributed by atoms with Crippen LogP contribution in [0.2, 0.25) is 0 Å². The van der Waals surface area contributed by atoms with Gasteiger partial charge in [-0.05, 0) is 30.7 Å². The number of hydrogen-bond acceptors (Lipinski definition) is 3. The first-order valence-electron chi connectivity index (χ1n) is 4.91. The van der Waals surface area contributed by atoms with Gasteiger partial charge in [0.15, 0.2) is 0 Å². The van der Waals surface area contributed by atoms with Crippen LogP contribution >= 0.6 is 12.2 Å². The Kier molecular flexibility index (Phi) is 3.01. The summed E-state index contributed by atoms with van der Waals surface area (Å²) in [5.74, 6) is 0.840. The van der Waals surface area contributed by atoms with Gasteiger partial charge in [0.25, 0.3) is 0 Å². The van der Waals surface area contributed by atoms with Crippen molar-refractivity contribution >= 4 is 12.2 Å². The standard InChI is InChI=1S/C12H12N2OS/c1-8-7-9(15-2)3-4-10(8)11-12(16)14-6-5-13-11/h3-7H,1-2H3,(H,14,16). The molecule has 0 atom stereocenters. The maximum atomic E-state index is 5.21. The Labute approximate surface area is 99.1 Å². The molecule has 0 saturated carbocycles. The van der Waals surface area contributed by atoms with Gasteiger partial charge in [0.2, 0.25) is 0 Å². The van der Waals surface area contributed by atoms with E-state index in [1.54, 1.807) is 19.5 Å². The van der Waals surface area contributed by atoms with Gasteiger partial charge in [-0.25, -0.2) is 0 Å². The third-order valence-corrected chi connectivity index (χ3v) is 2.71. The van der Waals surface area contributed by atoms with E-state index in [0.29, 0.717) is 4.64 Å². The second kappa shape index (κ2) is 4.45. The van der Waals surface area contributed by atoms with Crippen LogP contribution in [0.4, 0.5) is 0 Å². The average molecular weight is 232 g/mol. The Bertz CT molecular complexity index is 563.